The van der Waals surface area contributed by atoms with E-state index >= 15 is 0 Å². The molecule has 1 aromatic carbocycles. The number of anilines is 2. The number of carbonyl (C=O) groups excluding carboxylic acids is 2. The van der Waals surface area contributed by atoms with Crippen LogP contribution in [0.15, 0.2) is 24.3 Å². The lowest BCUT2D eigenvalue weighted by atomic mass is 9.72. The predicted molar refractivity (Wildman–Crippen MR) is 112 cm³/mol. The summed E-state index contributed by atoms with van der Waals surface area (Å²) >= 11 is 7.31. The van der Waals surface area contributed by atoms with Gasteiger partial charge in [-0.05, 0) is 60.4 Å². The van der Waals surface area contributed by atoms with Gasteiger partial charge in [0.1, 0.15) is 5.00 Å². The maximum absolute atomic E-state index is 12.4. The number of halogens is 1. The average molecular weight is 406 g/mol. The lowest BCUT2D eigenvalue weighted by Crippen LogP contribution is -2.27. The van der Waals surface area contributed by atoms with Crippen molar-refractivity contribution in [3.63, 3.8) is 0 Å². The third-order valence-corrected chi connectivity index (χ3v) is 6.49. The molecule has 5 nitrogen and oxygen atoms in total. The van der Waals surface area contributed by atoms with Crippen molar-refractivity contribution in [1.82, 2.24) is 0 Å². The van der Waals surface area contributed by atoms with E-state index in [-0.39, 0.29) is 5.41 Å². The van der Waals surface area contributed by atoms with Gasteiger partial charge in [0.05, 0.1) is 5.56 Å². The van der Waals surface area contributed by atoms with Crippen LogP contribution in [0.5, 0.6) is 0 Å². The fraction of sp³-hybridized carbons (Fsp3) is 0.400. The summed E-state index contributed by atoms with van der Waals surface area (Å²) in [6, 6.07) is 6.41. The second-order valence-corrected chi connectivity index (χ2v) is 9.51. The Kier molecular flexibility index (Phi) is 5.49. The van der Waals surface area contributed by atoms with Gasteiger partial charge in [-0.15, -0.1) is 11.3 Å². The fourth-order valence-electron chi connectivity index (χ4n) is 3.47. The predicted octanol–water partition coefficient (Wildman–Crippen LogP) is 5.30. The molecule has 0 fully saturated rings. The zero-order valence-electron chi connectivity index (χ0n) is 15.7. The number of carbonyl (C=O) groups is 2. The van der Waals surface area contributed by atoms with E-state index in [4.69, 9.17) is 17.3 Å². The third-order valence-electron chi connectivity index (χ3n) is 5.07. The van der Waals surface area contributed by atoms with E-state index < -0.39 is 11.9 Å². The molecule has 4 N–H and O–H groups in total. The second kappa shape index (κ2) is 7.52. The minimum Gasteiger partial charge on any atom is -0.365 e. The first-order valence-electron chi connectivity index (χ1n) is 8.93. The van der Waals surface area contributed by atoms with Crippen LogP contribution in [0.25, 0.3) is 0 Å². The van der Waals surface area contributed by atoms with Crippen molar-refractivity contribution in [2.24, 2.45) is 17.1 Å². The number of primary amides is 1. The van der Waals surface area contributed by atoms with E-state index in [1.54, 1.807) is 24.3 Å². The van der Waals surface area contributed by atoms with Crippen LogP contribution in [-0.4, -0.2) is 11.9 Å². The molecule has 3 amide bonds. The van der Waals surface area contributed by atoms with E-state index in [2.05, 4.69) is 31.4 Å². The van der Waals surface area contributed by atoms with Gasteiger partial charge < -0.3 is 11.1 Å². The molecule has 0 saturated heterocycles. The van der Waals surface area contributed by atoms with Gasteiger partial charge in [0.2, 0.25) is 0 Å². The third kappa shape index (κ3) is 4.45. The van der Waals surface area contributed by atoms with Gasteiger partial charge in [-0.1, -0.05) is 32.4 Å². The van der Waals surface area contributed by atoms with E-state index in [0.29, 0.717) is 27.2 Å². The number of hydrogen-bond donors (Lipinski definition) is 3. The Labute approximate surface area is 168 Å². The van der Waals surface area contributed by atoms with E-state index in [1.807, 2.05) is 0 Å². The summed E-state index contributed by atoms with van der Waals surface area (Å²) < 4.78 is 0. The first kappa shape index (κ1) is 19.7. The molecule has 2 aromatic rings. The molecule has 7 heteroatoms. The molecule has 0 spiro atoms. The molecule has 0 saturated carbocycles. The minimum atomic E-state index is -0.497. The maximum Gasteiger partial charge on any atom is 0.324 e. The molecule has 1 unspecified atom stereocenters. The highest BCUT2D eigenvalue weighted by molar-refractivity contribution is 7.17. The molecule has 1 heterocycles. The zero-order valence-corrected chi connectivity index (χ0v) is 17.3. The molecule has 0 bridgehead atoms. The molecule has 1 atom stereocenters. The van der Waals surface area contributed by atoms with Gasteiger partial charge in [-0.3, -0.25) is 10.1 Å². The Morgan fingerprint density at radius 3 is 2.44 bits per heavy atom. The van der Waals surface area contributed by atoms with Gasteiger partial charge in [-0.25, -0.2) is 4.79 Å². The number of thiophene rings is 1. The van der Waals surface area contributed by atoms with Gasteiger partial charge in [-0.2, -0.15) is 0 Å². The Bertz CT molecular complexity index is 869. The van der Waals surface area contributed by atoms with Gasteiger partial charge in [0.25, 0.3) is 5.91 Å². The van der Waals surface area contributed by atoms with Crippen molar-refractivity contribution < 1.29 is 9.59 Å². The topological polar surface area (TPSA) is 84.2 Å². The smallest absolute Gasteiger partial charge is 0.324 e. The number of nitrogens with two attached hydrogens (primary N) is 1. The van der Waals surface area contributed by atoms with Crippen molar-refractivity contribution >= 4 is 45.6 Å². The highest BCUT2D eigenvalue weighted by atomic mass is 35.5. The molecule has 1 aromatic heterocycles. The Morgan fingerprint density at radius 1 is 1.19 bits per heavy atom. The van der Waals surface area contributed by atoms with Crippen molar-refractivity contribution in [1.29, 1.82) is 0 Å². The molecule has 1 aliphatic carbocycles. The Balaban J connectivity index is 1.81. The highest BCUT2D eigenvalue weighted by Gasteiger charge is 2.33. The standard InChI is InChI=1S/C20H24ClN3O2S/c1-20(2,3)11-4-9-14-15(10-11)27-18(16(14)17(22)25)24-19(26)23-13-7-5-12(21)6-8-13/h5-8,11H,4,9-10H2,1-3H3,(H2,22,25)(H2,23,24,26). The van der Waals surface area contributed by atoms with Crippen LogP contribution in [0.3, 0.4) is 0 Å². The number of rotatable bonds is 3. The summed E-state index contributed by atoms with van der Waals surface area (Å²) in [6.45, 7) is 6.72. The SMILES string of the molecule is CC(C)(C)C1CCc2c(sc(NC(=O)Nc3ccc(Cl)cc3)c2C(N)=O)C1. The van der Waals surface area contributed by atoms with E-state index in [0.717, 1.165) is 29.7 Å². The van der Waals surface area contributed by atoms with Gasteiger partial charge in [0, 0.05) is 15.6 Å². The van der Waals surface area contributed by atoms with Crippen LogP contribution >= 0.6 is 22.9 Å². The Hall–Kier alpha value is -2.05. The quantitative estimate of drug-likeness (QED) is 0.647. The number of nitrogens with one attached hydrogen (secondary N) is 2. The minimum absolute atomic E-state index is 0.202. The summed E-state index contributed by atoms with van der Waals surface area (Å²) in [5, 5.41) is 6.66. The van der Waals surface area contributed by atoms with E-state index in [9.17, 15) is 9.59 Å². The lowest BCUT2D eigenvalue weighted by molar-refractivity contribution is 0.1000. The number of benzene rings is 1. The number of urea groups is 1. The summed E-state index contributed by atoms with van der Waals surface area (Å²) in [5.41, 5.74) is 7.90. The molecule has 27 heavy (non-hydrogen) atoms. The van der Waals surface area contributed by atoms with Crippen LogP contribution in [0.4, 0.5) is 15.5 Å². The molecular formula is C20H24ClN3O2S. The first-order chi connectivity index (χ1) is 12.6. The molecule has 0 aliphatic heterocycles. The average Bonchev–Trinajstić information content (AvgIpc) is 2.93. The lowest BCUT2D eigenvalue weighted by Gasteiger charge is -2.33. The monoisotopic (exact) mass is 405 g/mol. The molecule has 0 radical (unpaired) electrons. The fourth-order valence-corrected chi connectivity index (χ4v) is 4.93. The van der Waals surface area contributed by atoms with Crippen molar-refractivity contribution in [3.8, 4) is 0 Å². The molecular weight excluding hydrogens is 382 g/mol. The van der Waals surface area contributed by atoms with Crippen molar-refractivity contribution in [2.45, 2.75) is 40.0 Å². The maximum atomic E-state index is 12.4. The molecule has 3 rings (SSSR count). The summed E-state index contributed by atoms with van der Waals surface area (Å²) in [7, 11) is 0. The van der Waals surface area contributed by atoms with Gasteiger partial charge >= 0.3 is 6.03 Å². The summed E-state index contributed by atoms with van der Waals surface area (Å²) in [5.74, 6) is 0.0450. The van der Waals surface area contributed by atoms with Crippen LogP contribution in [-0.2, 0) is 12.8 Å². The number of fused-ring (bicyclic) bond motifs is 1. The van der Waals surface area contributed by atoms with Gasteiger partial charge in [0.15, 0.2) is 0 Å². The van der Waals surface area contributed by atoms with Crippen LogP contribution < -0.4 is 16.4 Å². The van der Waals surface area contributed by atoms with E-state index in [1.165, 1.54) is 11.3 Å². The summed E-state index contributed by atoms with van der Waals surface area (Å²) in [6.07, 6.45) is 2.74. The summed E-state index contributed by atoms with van der Waals surface area (Å²) in [4.78, 5) is 25.6. The highest BCUT2D eigenvalue weighted by Crippen LogP contribution is 2.44. The second-order valence-electron chi connectivity index (χ2n) is 7.96. The van der Waals surface area contributed by atoms with Crippen molar-refractivity contribution in [3.05, 3.63) is 45.3 Å². The zero-order chi connectivity index (χ0) is 19.8. The first-order valence-corrected chi connectivity index (χ1v) is 10.1. The number of amides is 3. The number of hydrogen-bond acceptors (Lipinski definition) is 3. The normalized spacial score (nSPS) is 16.5. The van der Waals surface area contributed by atoms with Crippen LogP contribution in [0.2, 0.25) is 5.02 Å². The molecule has 1 aliphatic rings. The van der Waals surface area contributed by atoms with Crippen molar-refractivity contribution in [2.75, 3.05) is 10.6 Å². The Morgan fingerprint density at radius 2 is 1.85 bits per heavy atom. The molecule has 144 valence electrons. The van der Waals surface area contributed by atoms with Crippen LogP contribution in [0.1, 0.15) is 48.0 Å². The largest absolute Gasteiger partial charge is 0.365 e. The van der Waals surface area contributed by atoms with Crippen LogP contribution in [0, 0.1) is 11.3 Å².